The van der Waals surface area contributed by atoms with Gasteiger partial charge in [0.05, 0.1) is 0 Å². The first-order valence-electron chi connectivity index (χ1n) is 4.44. The first-order valence-corrected chi connectivity index (χ1v) is 5.85. The smallest absolute Gasteiger partial charge is 0.210 e. The maximum absolute atomic E-state index is 12.8. The van der Waals surface area contributed by atoms with Crippen molar-refractivity contribution in [1.82, 2.24) is 0 Å². The number of halogens is 11. The van der Waals surface area contributed by atoms with Crippen LogP contribution in [0, 0.1) is 0 Å². The maximum Gasteiger partial charge on any atom is 0.440 e. The second-order valence-electron chi connectivity index (χ2n) is 3.41. The molecule has 0 aromatic heterocycles. The Morgan fingerprint density at radius 1 is 0.870 bits per heavy atom. The van der Waals surface area contributed by atoms with Gasteiger partial charge in [0.25, 0.3) is 0 Å². The van der Waals surface area contributed by atoms with Gasteiger partial charge in [0, 0.05) is 18.9 Å². The zero-order valence-electron chi connectivity index (χ0n) is 10.5. The van der Waals surface area contributed by atoms with Crippen LogP contribution in [0.4, 0.5) is 48.3 Å². The minimum absolute atomic E-state index is 0. The molecule has 17 heteroatoms. The zero-order valence-corrected chi connectivity index (χ0v) is 11.3. The predicted octanol–water partition coefficient (Wildman–Crippen LogP) is 2.57. The van der Waals surface area contributed by atoms with Crippen molar-refractivity contribution in [3.8, 4) is 0 Å². The van der Waals surface area contributed by atoms with Crippen LogP contribution >= 0.6 is 0 Å². The summed E-state index contributed by atoms with van der Waals surface area (Å²) in [5, 5.41) is -7.02. The Hall–Kier alpha value is -0.303. The van der Waals surface area contributed by atoms with E-state index in [9.17, 15) is 56.7 Å². The fraction of sp³-hybridized carbons (Fsp3) is 1.00. The van der Waals surface area contributed by atoms with Crippen LogP contribution in [0.1, 0.15) is 0 Å². The van der Waals surface area contributed by atoms with Crippen LogP contribution < -0.4 is 0 Å². The minimum Gasteiger partial charge on any atom is -0.210 e. The second kappa shape index (κ2) is 7.29. The Morgan fingerprint density at radius 3 is 1.57 bits per heavy atom. The minimum atomic E-state index is -7.28. The van der Waals surface area contributed by atoms with Crippen LogP contribution in [-0.2, 0) is 19.3 Å². The molecule has 135 valence electrons. The van der Waals surface area contributed by atoms with Gasteiger partial charge in [-0.1, -0.05) is 0 Å². The third kappa shape index (κ3) is 5.08. The normalized spacial score (nSPS) is 14.8. The summed E-state index contributed by atoms with van der Waals surface area (Å²) < 4.78 is 157. The van der Waals surface area contributed by atoms with E-state index in [-0.39, 0.29) is 18.9 Å². The van der Waals surface area contributed by atoms with Gasteiger partial charge >= 0.3 is 39.8 Å². The predicted molar refractivity (Wildman–Crippen MR) is 48.6 cm³/mol. The van der Waals surface area contributed by atoms with E-state index >= 15 is 0 Å². The van der Waals surface area contributed by atoms with Gasteiger partial charge in [-0.3, -0.25) is 0 Å². The molecule has 0 bridgehead atoms. The molecule has 0 rings (SSSR count). The molecule has 0 N–H and O–H groups in total. The molecule has 0 spiro atoms. The van der Waals surface area contributed by atoms with E-state index in [1.165, 1.54) is 0 Å². The van der Waals surface area contributed by atoms with Gasteiger partial charge in [-0.2, -0.15) is 47.9 Å². The van der Waals surface area contributed by atoms with Crippen molar-refractivity contribution >= 4 is 29.0 Å². The van der Waals surface area contributed by atoms with Crippen LogP contribution in [0.25, 0.3) is 0 Å². The Morgan fingerprint density at radius 2 is 1.26 bits per heavy atom. The summed E-state index contributed by atoms with van der Waals surface area (Å²) in [6.45, 7) is -2.70. The topological polar surface area (TPSA) is 52.6 Å². The summed E-state index contributed by atoms with van der Waals surface area (Å²) in [6, 6.07) is 0. The fourth-order valence-electron chi connectivity index (χ4n) is 0.685. The zero-order chi connectivity index (χ0) is 18.2. The first-order chi connectivity index (χ1) is 9.40. The van der Waals surface area contributed by atoms with E-state index in [4.69, 9.17) is 0 Å². The molecular weight excluding hydrogens is 384 g/mol. The van der Waals surface area contributed by atoms with E-state index in [1.54, 1.807) is 0 Å². The Bertz CT molecular complexity index is 487. The first kappa shape index (κ1) is 24.9. The summed E-state index contributed by atoms with van der Waals surface area (Å²) in [6.07, 6.45) is -10.8. The van der Waals surface area contributed by atoms with E-state index in [1.807, 2.05) is 0 Å². The van der Waals surface area contributed by atoms with Crippen molar-refractivity contribution in [2.75, 3.05) is 6.61 Å². The molecule has 0 unspecified atom stereocenters. The third-order valence-corrected chi connectivity index (χ3v) is 2.89. The van der Waals surface area contributed by atoms with Gasteiger partial charge in [0.2, 0.25) is 0 Å². The summed E-state index contributed by atoms with van der Waals surface area (Å²) in [5.74, 6) is -14.1. The van der Waals surface area contributed by atoms with Gasteiger partial charge in [0.15, 0.2) is 6.61 Å². The summed E-state index contributed by atoms with van der Waals surface area (Å²) >= 11 is 0. The molecule has 0 aliphatic rings. The molecule has 1 radical (unpaired) electrons. The van der Waals surface area contributed by atoms with Crippen molar-refractivity contribution in [2.24, 2.45) is 0 Å². The van der Waals surface area contributed by atoms with Crippen molar-refractivity contribution in [3.63, 3.8) is 0 Å². The Balaban J connectivity index is 0. The molecule has 0 heterocycles. The van der Waals surface area contributed by atoms with Gasteiger partial charge < -0.3 is 0 Å². The van der Waals surface area contributed by atoms with Crippen molar-refractivity contribution in [1.29, 1.82) is 0 Å². The average Bonchev–Trinajstić information content (AvgIpc) is 2.25. The number of rotatable bonds is 7. The molecule has 0 saturated carbocycles. The van der Waals surface area contributed by atoms with Gasteiger partial charge in [0.1, 0.15) is 0 Å². The van der Waals surface area contributed by atoms with Crippen molar-refractivity contribution in [3.05, 3.63) is 0 Å². The molecule has 0 atom stereocenters. The molecule has 4 nitrogen and oxygen atoms in total. The standard InChI is InChI=1S/C6H3F11O4S.Li/c7-2(8)4(12,13)5(14,15)6(16,17)22(18,19)21-20-1-3(9,10)11;/h2H,1H2;. The molecular formula is C6H3F11LiO4S. The Labute approximate surface area is 132 Å². The van der Waals surface area contributed by atoms with Crippen molar-refractivity contribution < 1.29 is 65.9 Å². The van der Waals surface area contributed by atoms with E-state index in [0.717, 1.165) is 0 Å². The fourth-order valence-corrected chi connectivity index (χ4v) is 1.40. The van der Waals surface area contributed by atoms with Crippen molar-refractivity contribution in [2.45, 2.75) is 29.7 Å². The number of hydrogen-bond donors (Lipinski definition) is 0. The molecule has 0 fully saturated rings. The number of alkyl halides is 11. The monoisotopic (exact) mass is 387 g/mol. The molecule has 23 heavy (non-hydrogen) atoms. The Kier molecular flexibility index (Phi) is 7.91. The summed E-state index contributed by atoms with van der Waals surface area (Å²) in [7, 11) is -7.28. The quantitative estimate of drug-likeness (QED) is 0.292. The van der Waals surface area contributed by atoms with Gasteiger partial charge in [-0.25, -0.2) is 13.7 Å². The van der Waals surface area contributed by atoms with E-state index in [2.05, 4.69) is 9.22 Å². The van der Waals surface area contributed by atoms with Gasteiger partial charge in [-0.05, 0) is 0 Å². The molecule has 0 saturated heterocycles. The van der Waals surface area contributed by atoms with E-state index in [0.29, 0.717) is 0 Å². The third-order valence-electron chi connectivity index (χ3n) is 1.73. The van der Waals surface area contributed by atoms with Crippen LogP contribution in [0.2, 0.25) is 0 Å². The summed E-state index contributed by atoms with van der Waals surface area (Å²) in [4.78, 5) is 2.66. The molecule has 0 aliphatic heterocycles. The largest absolute Gasteiger partial charge is 0.440 e. The second-order valence-corrected chi connectivity index (χ2v) is 4.97. The SMILES string of the molecule is O=S(=O)(OOCC(F)(F)F)C(F)(F)C(F)(F)C(F)(F)C(F)F.[Li]. The number of hydrogen-bond acceptors (Lipinski definition) is 4. The molecule has 0 amide bonds. The van der Waals surface area contributed by atoms with Crippen LogP contribution in [-0.4, -0.2) is 63.6 Å². The molecule has 0 aliphatic carbocycles. The average molecular weight is 387 g/mol. The maximum atomic E-state index is 12.8. The molecule has 0 aromatic rings. The van der Waals surface area contributed by atoms with Crippen LogP contribution in [0.5, 0.6) is 0 Å². The summed E-state index contributed by atoms with van der Waals surface area (Å²) in [5.41, 5.74) is 0. The van der Waals surface area contributed by atoms with Crippen LogP contribution in [0.15, 0.2) is 0 Å². The van der Waals surface area contributed by atoms with E-state index < -0.39 is 46.4 Å². The van der Waals surface area contributed by atoms with Gasteiger partial charge in [-0.15, -0.1) is 4.33 Å². The molecule has 0 aromatic carbocycles. The van der Waals surface area contributed by atoms with Crippen LogP contribution in [0.3, 0.4) is 0 Å².